The lowest BCUT2D eigenvalue weighted by Gasteiger charge is -2.23. The van der Waals surface area contributed by atoms with Gasteiger partial charge in [0.05, 0.1) is 23.9 Å². The number of likely N-dealkylation sites (tertiary alicyclic amines) is 1. The SMILES string of the molecule is COc1ccc(CN2C(=O)C(=O)/C(=C(\O)c3cccc([N+](=O)[O-])c3)C2c2ccco2)cc1. The van der Waals surface area contributed by atoms with Gasteiger partial charge in [0, 0.05) is 24.2 Å². The van der Waals surface area contributed by atoms with Crippen LogP contribution in [0.1, 0.15) is 22.9 Å². The summed E-state index contributed by atoms with van der Waals surface area (Å²) in [6, 6.07) is 14.4. The summed E-state index contributed by atoms with van der Waals surface area (Å²) in [6.07, 6.45) is 1.40. The number of hydrogen-bond donors (Lipinski definition) is 1. The van der Waals surface area contributed by atoms with Gasteiger partial charge in [-0.15, -0.1) is 0 Å². The van der Waals surface area contributed by atoms with Crippen molar-refractivity contribution < 1.29 is 28.8 Å². The second-order valence-corrected chi connectivity index (χ2v) is 7.10. The minimum atomic E-state index is -0.994. The molecular formula is C23H18N2O7. The van der Waals surface area contributed by atoms with E-state index in [1.807, 2.05) is 0 Å². The molecule has 1 atom stereocenters. The molecule has 162 valence electrons. The van der Waals surface area contributed by atoms with Crippen molar-refractivity contribution in [2.45, 2.75) is 12.6 Å². The predicted molar refractivity (Wildman–Crippen MR) is 113 cm³/mol. The van der Waals surface area contributed by atoms with E-state index in [2.05, 4.69) is 0 Å². The first kappa shape index (κ1) is 20.9. The third-order valence-electron chi connectivity index (χ3n) is 5.20. The van der Waals surface area contributed by atoms with Gasteiger partial charge in [0.25, 0.3) is 17.4 Å². The van der Waals surface area contributed by atoms with Crippen molar-refractivity contribution >= 4 is 23.1 Å². The van der Waals surface area contributed by atoms with E-state index in [9.17, 15) is 24.8 Å². The van der Waals surface area contributed by atoms with Gasteiger partial charge >= 0.3 is 0 Å². The lowest BCUT2D eigenvalue weighted by atomic mass is 9.99. The summed E-state index contributed by atoms with van der Waals surface area (Å²) in [5.74, 6) is -1.29. The number of aliphatic hydroxyl groups is 1. The van der Waals surface area contributed by atoms with E-state index in [4.69, 9.17) is 9.15 Å². The molecule has 32 heavy (non-hydrogen) atoms. The number of methoxy groups -OCH3 is 1. The topological polar surface area (TPSA) is 123 Å². The highest BCUT2D eigenvalue weighted by Gasteiger charge is 2.47. The molecule has 0 aliphatic carbocycles. The van der Waals surface area contributed by atoms with Crippen LogP contribution in [0.25, 0.3) is 5.76 Å². The molecule has 0 spiro atoms. The van der Waals surface area contributed by atoms with Crippen molar-refractivity contribution in [2.75, 3.05) is 7.11 Å². The number of nitrogens with zero attached hydrogens (tertiary/aromatic N) is 2. The third-order valence-corrected chi connectivity index (χ3v) is 5.20. The van der Waals surface area contributed by atoms with Gasteiger partial charge in [0.2, 0.25) is 0 Å². The second kappa shape index (κ2) is 8.38. The highest BCUT2D eigenvalue weighted by molar-refractivity contribution is 6.46. The van der Waals surface area contributed by atoms with Crippen molar-refractivity contribution in [1.29, 1.82) is 0 Å². The predicted octanol–water partition coefficient (Wildman–Crippen LogP) is 3.82. The maximum Gasteiger partial charge on any atom is 0.296 e. The highest BCUT2D eigenvalue weighted by Crippen LogP contribution is 2.40. The molecule has 9 heteroatoms. The number of Topliss-reactive ketones (excluding diaryl/α,β-unsaturated/α-hetero) is 1. The molecule has 0 bridgehead atoms. The Kier molecular flexibility index (Phi) is 5.46. The van der Waals surface area contributed by atoms with Crippen LogP contribution in [-0.2, 0) is 16.1 Å². The highest BCUT2D eigenvalue weighted by atomic mass is 16.6. The van der Waals surface area contributed by atoms with Crippen LogP contribution in [0, 0.1) is 10.1 Å². The van der Waals surface area contributed by atoms with Crippen LogP contribution in [0.3, 0.4) is 0 Å². The Morgan fingerprint density at radius 2 is 1.91 bits per heavy atom. The zero-order valence-electron chi connectivity index (χ0n) is 16.9. The number of hydrogen-bond acceptors (Lipinski definition) is 7. The van der Waals surface area contributed by atoms with E-state index in [1.165, 1.54) is 29.4 Å². The number of amides is 1. The van der Waals surface area contributed by atoms with Gasteiger partial charge < -0.3 is 19.2 Å². The Bertz CT molecular complexity index is 1210. The van der Waals surface area contributed by atoms with Crippen LogP contribution in [0.15, 0.2) is 76.9 Å². The lowest BCUT2D eigenvalue weighted by Crippen LogP contribution is -2.29. The zero-order valence-corrected chi connectivity index (χ0v) is 16.9. The van der Waals surface area contributed by atoms with E-state index >= 15 is 0 Å². The minimum Gasteiger partial charge on any atom is -0.507 e. The minimum absolute atomic E-state index is 0.0539. The van der Waals surface area contributed by atoms with Crippen molar-refractivity contribution in [3.05, 3.63) is 99.5 Å². The largest absolute Gasteiger partial charge is 0.507 e. The van der Waals surface area contributed by atoms with Crippen molar-refractivity contribution in [2.24, 2.45) is 0 Å². The molecule has 4 rings (SSSR count). The summed E-state index contributed by atoms with van der Waals surface area (Å²) in [7, 11) is 1.54. The lowest BCUT2D eigenvalue weighted by molar-refractivity contribution is -0.384. The zero-order chi connectivity index (χ0) is 22.8. The fourth-order valence-corrected chi connectivity index (χ4v) is 3.64. The number of ether oxygens (including phenoxy) is 1. The number of carbonyl (C=O) groups excluding carboxylic acids is 2. The van der Waals surface area contributed by atoms with Crippen LogP contribution in [0.4, 0.5) is 5.69 Å². The van der Waals surface area contributed by atoms with Gasteiger partial charge in [-0.1, -0.05) is 24.3 Å². The number of benzene rings is 2. The smallest absolute Gasteiger partial charge is 0.296 e. The normalized spacial score (nSPS) is 17.5. The van der Waals surface area contributed by atoms with Gasteiger partial charge in [-0.25, -0.2) is 0 Å². The molecule has 1 fully saturated rings. The molecule has 2 aromatic carbocycles. The van der Waals surface area contributed by atoms with Crippen molar-refractivity contribution in [3.63, 3.8) is 0 Å². The number of rotatable bonds is 6. The van der Waals surface area contributed by atoms with E-state index in [1.54, 1.807) is 43.5 Å². The van der Waals surface area contributed by atoms with Gasteiger partial charge in [-0.2, -0.15) is 0 Å². The Hall–Kier alpha value is -4.40. The molecule has 1 aliphatic heterocycles. The number of furan rings is 1. The third kappa shape index (κ3) is 3.71. The van der Waals surface area contributed by atoms with Crippen LogP contribution < -0.4 is 4.74 Å². The molecule has 3 aromatic rings. The second-order valence-electron chi connectivity index (χ2n) is 7.10. The fraction of sp³-hybridized carbons (Fsp3) is 0.130. The number of ketones is 1. The fourth-order valence-electron chi connectivity index (χ4n) is 3.64. The molecule has 1 N–H and O–H groups in total. The average molecular weight is 434 g/mol. The monoisotopic (exact) mass is 434 g/mol. The first-order valence-corrected chi connectivity index (χ1v) is 9.60. The van der Waals surface area contributed by atoms with E-state index in [0.717, 1.165) is 11.6 Å². The summed E-state index contributed by atoms with van der Waals surface area (Å²) < 4.78 is 10.6. The quantitative estimate of drug-likeness (QED) is 0.206. The molecule has 0 radical (unpaired) electrons. The maximum atomic E-state index is 12.9. The van der Waals surface area contributed by atoms with Crippen LogP contribution in [0.5, 0.6) is 5.75 Å². The Morgan fingerprint density at radius 1 is 1.16 bits per heavy atom. The first-order valence-electron chi connectivity index (χ1n) is 9.60. The number of non-ortho nitro benzene ring substituents is 1. The molecule has 1 saturated heterocycles. The summed E-state index contributed by atoms with van der Waals surface area (Å²) in [6.45, 7) is 0.0751. The Balaban J connectivity index is 1.80. The number of nitro benzene ring substituents is 1. The van der Waals surface area contributed by atoms with Gasteiger partial charge in [0.15, 0.2) is 0 Å². The maximum absolute atomic E-state index is 12.9. The molecular weight excluding hydrogens is 416 g/mol. The van der Waals surface area contributed by atoms with Crippen LogP contribution in [-0.4, -0.2) is 33.7 Å². The summed E-state index contributed by atoms with van der Waals surface area (Å²) in [5, 5.41) is 22.1. The summed E-state index contributed by atoms with van der Waals surface area (Å²) in [4.78, 5) is 37.7. The Labute approximate surface area is 182 Å². The average Bonchev–Trinajstić information content (AvgIpc) is 3.42. The molecule has 1 amide bonds. The van der Waals surface area contributed by atoms with Crippen molar-refractivity contribution in [1.82, 2.24) is 4.90 Å². The molecule has 0 saturated carbocycles. The molecule has 1 aromatic heterocycles. The van der Waals surface area contributed by atoms with Gasteiger partial charge in [-0.3, -0.25) is 19.7 Å². The van der Waals surface area contributed by atoms with E-state index in [-0.39, 0.29) is 29.1 Å². The number of aliphatic hydroxyl groups excluding tert-OH is 1. The first-order chi connectivity index (χ1) is 15.4. The van der Waals surface area contributed by atoms with Crippen LogP contribution in [0.2, 0.25) is 0 Å². The molecule has 2 heterocycles. The number of nitro groups is 1. The number of carbonyl (C=O) groups is 2. The van der Waals surface area contributed by atoms with Crippen molar-refractivity contribution in [3.8, 4) is 5.75 Å². The van der Waals surface area contributed by atoms with Gasteiger partial charge in [0.1, 0.15) is 23.3 Å². The molecule has 1 unspecified atom stereocenters. The van der Waals surface area contributed by atoms with E-state index in [0.29, 0.717) is 5.75 Å². The van der Waals surface area contributed by atoms with Crippen LogP contribution >= 0.6 is 0 Å². The van der Waals surface area contributed by atoms with E-state index < -0.39 is 28.4 Å². The molecule has 9 nitrogen and oxygen atoms in total. The standard InChI is InChI=1S/C23H18N2O7/c1-31-17-9-7-14(8-10-17)13-24-20(18-6-3-11-32-18)19(22(27)23(24)28)21(26)15-4-2-5-16(12-15)25(29)30/h2-12,20,26H,13H2,1H3/b21-19-. The Morgan fingerprint density at radius 3 is 2.53 bits per heavy atom. The molecule has 1 aliphatic rings. The summed E-state index contributed by atoms with van der Waals surface area (Å²) >= 11 is 0. The summed E-state index contributed by atoms with van der Waals surface area (Å²) in [5.41, 5.74) is 0.341. The van der Waals surface area contributed by atoms with Gasteiger partial charge in [-0.05, 0) is 29.8 Å².